The quantitative estimate of drug-likeness (QED) is 0.435. The molecule has 4 rings (SSSR count). The van der Waals surface area contributed by atoms with Gasteiger partial charge in [0.2, 0.25) is 0 Å². The molecule has 5 nitrogen and oxygen atoms in total. The number of benzene rings is 3. The maximum atomic E-state index is 8.49. The molecule has 3 aromatic carbocycles. The number of hydrogen-bond donors (Lipinski definition) is 0. The van der Waals surface area contributed by atoms with Gasteiger partial charge in [0.25, 0.3) is 0 Å². The average Bonchev–Trinajstić information content (AvgIpc) is 2.80. The summed E-state index contributed by atoms with van der Waals surface area (Å²) in [6.45, 7) is 2.22. The molecule has 0 aliphatic rings. The van der Waals surface area contributed by atoms with E-state index in [0.29, 0.717) is 0 Å². The Bertz CT molecular complexity index is 1040. The van der Waals surface area contributed by atoms with Crippen molar-refractivity contribution in [3.8, 4) is 33.8 Å². The molecule has 0 atom stereocenters. The van der Waals surface area contributed by atoms with Gasteiger partial charge in [-0.05, 0) is 36.2 Å². The van der Waals surface area contributed by atoms with Crippen molar-refractivity contribution >= 4 is 0 Å². The molecule has 0 aliphatic heterocycles. The third kappa shape index (κ3) is 6.72. The van der Waals surface area contributed by atoms with Crippen LogP contribution >= 0.6 is 0 Å². The van der Waals surface area contributed by atoms with E-state index in [1.54, 1.807) is 0 Å². The molecule has 0 amide bonds. The van der Waals surface area contributed by atoms with Gasteiger partial charge >= 0.3 is 11.5 Å². The Kier molecular flexibility index (Phi) is 8.11. The summed E-state index contributed by atoms with van der Waals surface area (Å²) >= 11 is 0. The number of halogens is 1. The lowest BCUT2D eigenvalue weighted by Crippen LogP contribution is -2.68. The van der Waals surface area contributed by atoms with Gasteiger partial charge in [0.05, 0.1) is 22.8 Å². The lowest BCUT2D eigenvalue weighted by Gasteiger charge is -2.17. The predicted molar refractivity (Wildman–Crippen MR) is 113 cm³/mol. The van der Waals surface area contributed by atoms with Gasteiger partial charge in [-0.2, -0.15) is 0 Å². The van der Waals surface area contributed by atoms with Gasteiger partial charge < -0.3 is 0 Å². The topological polar surface area (TPSA) is 104 Å². The largest absolute Gasteiger partial charge is 0.364 e. The molecule has 32 heavy (non-hydrogen) atoms. The Labute approximate surface area is 189 Å². The summed E-state index contributed by atoms with van der Waals surface area (Å²) in [7, 11) is -4.94. The Morgan fingerprint density at radius 3 is 1.56 bits per heavy atom. The van der Waals surface area contributed by atoms with Gasteiger partial charge in [0, 0.05) is 5.56 Å². The molecular weight excluding hydrogens is 428 g/mol. The second-order valence-corrected chi connectivity index (χ2v) is 7.81. The van der Waals surface area contributed by atoms with Crippen LogP contribution in [0.3, 0.4) is 0 Å². The fourth-order valence-corrected chi connectivity index (χ4v) is 3.48. The molecule has 1 aromatic heterocycles. The molecule has 4 aromatic rings. The molecule has 6 heteroatoms. The molecule has 0 radical (unpaired) electrons. The molecule has 0 saturated heterocycles. The highest BCUT2D eigenvalue weighted by Crippen LogP contribution is 2.38. The maximum absolute atomic E-state index is 8.49. The fourth-order valence-electron chi connectivity index (χ4n) is 3.48. The molecule has 0 fully saturated rings. The van der Waals surface area contributed by atoms with E-state index in [1.165, 1.54) is 16.7 Å². The molecule has 0 N–H and O–H groups in total. The summed E-state index contributed by atoms with van der Waals surface area (Å²) in [4.78, 5) is 0. The molecular formula is C26H23ClO5. The molecule has 0 bridgehead atoms. The summed E-state index contributed by atoms with van der Waals surface area (Å²) in [6, 6.07) is 33.6. The minimum atomic E-state index is -4.94. The van der Waals surface area contributed by atoms with Crippen LogP contribution in [0, 0.1) is 10.2 Å². The monoisotopic (exact) mass is 450 g/mol. The van der Waals surface area contributed by atoms with E-state index in [-0.39, 0.29) is 0 Å². The van der Waals surface area contributed by atoms with Gasteiger partial charge in [-0.1, -0.05) is 80.1 Å². The van der Waals surface area contributed by atoms with Gasteiger partial charge in [0.1, 0.15) is 0 Å². The standard InChI is InChI=1S/C26H23O.ClHO4/c1-2-12-23-24(20-13-6-3-7-14-20)19-25(21-15-8-4-9-16-21)27-26(23)22-17-10-5-11-18-22;2-1(3,4)5/h3-11,13-19H,2,12H2,1H3;(H,2,3,4,5)/q+1;/p-1. The van der Waals surface area contributed by atoms with Crippen LogP contribution in [-0.2, 0) is 6.42 Å². The summed E-state index contributed by atoms with van der Waals surface area (Å²) < 4.78 is 40.5. The van der Waals surface area contributed by atoms with Crippen LogP contribution in [0.1, 0.15) is 18.9 Å². The molecule has 0 saturated carbocycles. The van der Waals surface area contributed by atoms with Crippen molar-refractivity contribution < 1.29 is 33.3 Å². The third-order valence-corrected chi connectivity index (χ3v) is 4.77. The van der Waals surface area contributed by atoms with Crippen LogP contribution in [0.2, 0.25) is 0 Å². The maximum Gasteiger partial charge on any atom is 0.364 e. The highest BCUT2D eigenvalue weighted by atomic mass is 35.7. The van der Waals surface area contributed by atoms with Crippen molar-refractivity contribution in [1.29, 1.82) is 0 Å². The lowest BCUT2D eigenvalue weighted by atomic mass is 9.93. The first-order valence-electron chi connectivity index (χ1n) is 10.1. The first-order chi connectivity index (χ1) is 15.4. The smallest absolute Gasteiger partial charge is 0.222 e. The van der Waals surface area contributed by atoms with Crippen LogP contribution in [0.15, 0.2) is 101 Å². The molecule has 0 unspecified atom stereocenters. The zero-order chi connectivity index (χ0) is 23.0. The van der Waals surface area contributed by atoms with E-state index >= 15 is 0 Å². The Hall–Kier alpha value is -3.06. The van der Waals surface area contributed by atoms with Gasteiger partial charge in [-0.15, -0.1) is 10.2 Å². The minimum absolute atomic E-state index is 0.896. The van der Waals surface area contributed by atoms with Crippen molar-refractivity contribution in [2.75, 3.05) is 0 Å². The van der Waals surface area contributed by atoms with Crippen molar-refractivity contribution in [2.24, 2.45) is 0 Å². The fraction of sp³-hybridized carbons (Fsp3) is 0.115. The Morgan fingerprint density at radius 2 is 1.09 bits per heavy atom. The van der Waals surface area contributed by atoms with E-state index in [4.69, 9.17) is 23.1 Å². The van der Waals surface area contributed by atoms with E-state index in [9.17, 15) is 0 Å². The second-order valence-electron chi connectivity index (χ2n) is 7.06. The van der Waals surface area contributed by atoms with Gasteiger partial charge in [-0.3, -0.25) is 0 Å². The van der Waals surface area contributed by atoms with Gasteiger partial charge in [0.15, 0.2) is 0 Å². The van der Waals surface area contributed by atoms with Crippen molar-refractivity contribution in [3.63, 3.8) is 0 Å². The van der Waals surface area contributed by atoms with E-state index in [0.717, 1.165) is 35.5 Å². The lowest BCUT2D eigenvalue weighted by molar-refractivity contribution is -2.00. The van der Waals surface area contributed by atoms with Crippen LogP contribution in [0.5, 0.6) is 0 Å². The first-order valence-corrected chi connectivity index (χ1v) is 11.4. The van der Waals surface area contributed by atoms with Crippen molar-refractivity contribution in [1.82, 2.24) is 0 Å². The SMILES string of the molecule is CCCc1c(-c2ccccc2)cc(-c2ccccc2)[o+]c1-c1ccccc1.[O-][Cl+3]([O-])([O-])[O-]. The first kappa shape index (κ1) is 23.6. The van der Waals surface area contributed by atoms with E-state index < -0.39 is 10.2 Å². The normalized spacial score (nSPS) is 10.9. The number of hydrogen-bond acceptors (Lipinski definition) is 4. The summed E-state index contributed by atoms with van der Waals surface area (Å²) in [6.07, 6.45) is 2.05. The van der Waals surface area contributed by atoms with Crippen LogP contribution < -0.4 is 18.6 Å². The molecule has 0 spiro atoms. The van der Waals surface area contributed by atoms with Crippen molar-refractivity contribution in [2.45, 2.75) is 19.8 Å². The van der Waals surface area contributed by atoms with E-state index in [1.807, 2.05) is 12.1 Å². The predicted octanol–water partition coefficient (Wildman–Crippen LogP) is 2.76. The second kappa shape index (κ2) is 11.0. The van der Waals surface area contributed by atoms with Crippen LogP contribution in [0.4, 0.5) is 0 Å². The highest BCUT2D eigenvalue weighted by Gasteiger charge is 2.26. The Balaban J connectivity index is 0.000000523. The molecule has 164 valence electrons. The Morgan fingerprint density at radius 1 is 0.656 bits per heavy atom. The molecule has 1 heterocycles. The summed E-state index contributed by atoms with van der Waals surface area (Å²) in [5.41, 5.74) is 5.97. The minimum Gasteiger partial charge on any atom is -0.222 e. The zero-order valence-electron chi connectivity index (χ0n) is 17.6. The highest BCUT2D eigenvalue weighted by molar-refractivity contribution is 5.79. The third-order valence-electron chi connectivity index (χ3n) is 4.77. The zero-order valence-corrected chi connectivity index (χ0v) is 18.3. The van der Waals surface area contributed by atoms with Crippen LogP contribution in [-0.4, -0.2) is 0 Å². The van der Waals surface area contributed by atoms with Gasteiger partial charge in [-0.25, -0.2) is 23.1 Å². The average molecular weight is 451 g/mol. The summed E-state index contributed by atoms with van der Waals surface area (Å²) in [5.74, 6) is 1.87. The van der Waals surface area contributed by atoms with E-state index in [2.05, 4.69) is 91.9 Å². The molecule has 0 aliphatic carbocycles. The summed E-state index contributed by atoms with van der Waals surface area (Å²) in [5, 5.41) is 0. The van der Waals surface area contributed by atoms with Crippen LogP contribution in [0.25, 0.3) is 33.8 Å². The van der Waals surface area contributed by atoms with Crippen molar-refractivity contribution in [3.05, 3.63) is 103 Å². The number of rotatable bonds is 5.